The van der Waals surface area contributed by atoms with Gasteiger partial charge in [-0.05, 0) is 43.4 Å². The summed E-state index contributed by atoms with van der Waals surface area (Å²) >= 11 is 0. The van der Waals surface area contributed by atoms with Gasteiger partial charge in [-0.3, -0.25) is 9.20 Å². The molecule has 0 spiro atoms. The summed E-state index contributed by atoms with van der Waals surface area (Å²) in [7, 11) is 0. The summed E-state index contributed by atoms with van der Waals surface area (Å²) in [4.78, 5) is 21.3. The summed E-state index contributed by atoms with van der Waals surface area (Å²) in [5.74, 6) is 0.483. The molecule has 4 rings (SSSR count). The molecule has 0 saturated carbocycles. The quantitative estimate of drug-likeness (QED) is 0.790. The average molecular weight is 306 g/mol. The zero-order chi connectivity index (χ0) is 15.8. The Kier molecular flexibility index (Phi) is 3.33. The molecule has 1 aromatic carbocycles. The molecule has 1 unspecified atom stereocenters. The van der Waals surface area contributed by atoms with Crippen molar-refractivity contribution >= 4 is 11.7 Å². The van der Waals surface area contributed by atoms with Crippen LogP contribution in [0, 0.1) is 6.92 Å². The summed E-state index contributed by atoms with van der Waals surface area (Å²) in [6.07, 6.45) is 6.37. The minimum Gasteiger partial charge on any atom is -0.348 e. The first-order valence-electron chi connectivity index (χ1n) is 7.89. The predicted molar refractivity (Wildman–Crippen MR) is 87.4 cm³/mol. The number of amides is 1. The van der Waals surface area contributed by atoms with Crippen molar-refractivity contribution in [3.63, 3.8) is 0 Å². The van der Waals surface area contributed by atoms with Gasteiger partial charge in [-0.2, -0.15) is 0 Å². The molecule has 1 atom stereocenters. The van der Waals surface area contributed by atoms with Crippen molar-refractivity contribution in [1.82, 2.24) is 19.7 Å². The topological polar surface area (TPSA) is 59.3 Å². The lowest BCUT2D eigenvalue weighted by atomic mass is 9.88. The zero-order valence-corrected chi connectivity index (χ0v) is 13.0. The molecule has 1 amide bonds. The van der Waals surface area contributed by atoms with E-state index in [9.17, 15) is 4.79 Å². The Hall–Kier alpha value is -2.69. The van der Waals surface area contributed by atoms with Crippen LogP contribution in [0.25, 0.3) is 5.78 Å². The number of nitrogens with one attached hydrogen (secondary N) is 1. The summed E-state index contributed by atoms with van der Waals surface area (Å²) in [6.45, 7) is 1.85. The maximum Gasteiger partial charge on any atom is 0.270 e. The SMILES string of the molecule is Cc1nc2ncccn2c1C(=O)NC1CCc2ccccc2C1. The van der Waals surface area contributed by atoms with E-state index in [2.05, 4.69) is 39.6 Å². The van der Waals surface area contributed by atoms with Gasteiger partial charge in [0.25, 0.3) is 5.91 Å². The molecule has 0 fully saturated rings. The van der Waals surface area contributed by atoms with Crippen LogP contribution in [0.3, 0.4) is 0 Å². The molecule has 5 heteroatoms. The van der Waals surface area contributed by atoms with Gasteiger partial charge in [-0.15, -0.1) is 0 Å². The smallest absolute Gasteiger partial charge is 0.270 e. The van der Waals surface area contributed by atoms with Crippen molar-refractivity contribution in [1.29, 1.82) is 0 Å². The fourth-order valence-corrected chi connectivity index (χ4v) is 3.35. The number of fused-ring (bicyclic) bond motifs is 2. The average Bonchev–Trinajstić information content (AvgIpc) is 2.90. The van der Waals surface area contributed by atoms with Crippen LogP contribution in [0.1, 0.15) is 33.7 Å². The fourth-order valence-electron chi connectivity index (χ4n) is 3.35. The minimum atomic E-state index is -0.0765. The van der Waals surface area contributed by atoms with E-state index in [1.54, 1.807) is 10.6 Å². The van der Waals surface area contributed by atoms with Gasteiger partial charge in [-0.25, -0.2) is 9.97 Å². The zero-order valence-electron chi connectivity index (χ0n) is 13.0. The monoisotopic (exact) mass is 306 g/mol. The number of rotatable bonds is 2. The van der Waals surface area contributed by atoms with E-state index < -0.39 is 0 Å². The van der Waals surface area contributed by atoms with Gasteiger partial charge in [0.05, 0.1) is 5.69 Å². The second-order valence-corrected chi connectivity index (χ2v) is 6.02. The summed E-state index contributed by atoms with van der Waals surface area (Å²) in [6, 6.07) is 10.4. The first-order valence-corrected chi connectivity index (χ1v) is 7.89. The largest absolute Gasteiger partial charge is 0.348 e. The minimum absolute atomic E-state index is 0.0765. The van der Waals surface area contributed by atoms with Crippen molar-refractivity contribution in [2.45, 2.75) is 32.2 Å². The second-order valence-electron chi connectivity index (χ2n) is 6.02. The highest BCUT2D eigenvalue weighted by atomic mass is 16.2. The molecule has 116 valence electrons. The molecule has 0 saturated heterocycles. The molecule has 0 aliphatic heterocycles. The number of hydrogen-bond donors (Lipinski definition) is 1. The van der Waals surface area contributed by atoms with E-state index in [1.165, 1.54) is 11.1 Å². The van der Waals surface area contributed by atoms with E-state index in [0.29, 0.717) is 17.2 Å². The first kappa shape index (κ1) is 13.9. The van der Waals surface area contributed by atoms with Crippen LogP contribution in [0.4, 0.5) is 0 Å². The standard InChI is InChI=1S/C18H18N4O/c1-12-16(22-10-4-9-19-18(22)20-12)17(23)21-15-8-7-13-5-2-3-6-14(13)11-15/h2-6,9-10,15H,7-8,11H2,1H3,(H,21,23). The Balaban J connectivity index is 1.57. The van der Waals surface area contributed by atoms with Gasteiger partial charge in [0.1, 0.15) is 5.69 Å². The van der Waals surface area contributed by atoms with E-state index in [0.717, 1.165) is 19.3 Å². The Morgan fingerprint density at radius 2 is 2.09 bits per heavy atom. The molecule has 2 aromatic heterocycles. The summed E-state index contributed by atoms with van der Waals surface area (Å²) < 4.78 is 1.75. The summed E-state index contributed by atoms with van der Waals surface area (Å²) in [5.41, 5.74) is 4.01. The van der Waals surface area contributed by atoms with Crippen LogP contribution in [0.2, 0.25) is 0 Å². The first-order chi connectivity index (χ1) is 11.2. The Labute approximate surface area is 134 Å². The number of aromatic nitrogens is 3. The summed E-state index contributed by atoms with van der Waals surface area (Å²) in [5, 5.41) is 3.17. The van der Waals surface area contributed by atoms with E-state index in [1.807, 2.05) is 19.2 Å². The van der Waals surface area contributed by atoms with Crippen LogP contribution in [0.15, 0.2) is 42.7 Å². The number of nitrogens with zero attached hydrogens (tertiary/aromatic N) is 3. The van der Waals surface area contributed by atoms with Gasteiger partial charge < -0.3 is 5.32 Å². The molecular formula is C18H18N4O. The van der Waals surface area contributed by atoms with Crippen molar-refractivity contribution < 1.29 is 4.79 Å². The maximum atomic E-state index is 12.7. The lowest BCUT2D eigenvalue weighted by Gasteiger charge is -2.25. The molecule has 23 heavy (non-hydrogen) atoms. The maximum absolute atomic E-state index is 12.7. The molecule has 5 nitrogen and oxygen atoms in total. The van der Waals surface area contributed by atoms with E-state index >= 15 is 0 Å². The highest BCUT2D eigenvalue weighted by Gasteiger charge is 2.23. The third kappa shape index (κ3) is 2.48. The van der Waals surface area contributed by atoms with Crippen molar-refractivity contribution in [3.05, 3.63) is 65.2 Å². The number of carbonyl (C=O) groups excluding carboxylic acids is 1. The molecule has 2 heterocycles. The number of imidazole rings is 1. The van der Waals surface area contributed by atoms with Crippen LogP contribution in [-0.2, 0) is 12.8 Å². The van der Waals surface area contributed by atoms with Gasteiger partial charge >= 0.3 is 0 Å². The highest BCUT2D eigenvalue weighted by molar-refractivity contribution is 5.94. The van der Waals surface area contributed by atoms with Gasteiger partial charge in [0.2, 0.25) is 5.78 Å². The molecule has 0 bridgehead atoms. The number of aryl methyl sites for hydroxylation is 2. The normalized spacial score (nSPS) is 17.0. The molecular weight excluding hydrogens is 288 g/mol. The molecule has 3 aromatic rings. The number of benzene rings is 1. The van der Waals surface area contributed by atoms with Crippen LogP contribution < -0.4 is 5.32 Å². The van der Waals surface area contributed by atoms with E-state index in [-0.39, 0.29) is 11.9 Å². The number of carbonyl (C=O) groups is 1. The third-order valence-electron chi connectivity index (χ3n) is 4.48. The Bertz CT molecular complexity index is 884. The third-order valence-corrected chi connectivity index (χ3v) is 4.48. The Morgan fingerprint density at radius 3 is 2.96 bits per heavy atom. The number of hydrogen-bond acceptors (Lipinski definition) is 3. The molecule has 1 N–H and O–H groups in total. The van der Waals surface area contributed by atoms with Crippen molar-refractivity contribution in [2.75, 3.05) is 0 Å². The van der Waals surface area contributed by atoms with Gasteiger partial charge in [0, 0.05) is 18.4 Å². The predicted octanol–water partition coefficient (Wildman–Crippen LogP) is 2.33. The van der Waals surface area contributed by atoms with Crippen molar-refractivity contribution in [2.24, 2.45) is 0 Å². The van der Waals surface area contributed by atoms with Gasteiger partial charge in [-0.1, -0.05) is 24.3 Å². The highest BCUT2D eigenvalue weighted by Crippen LogP contribution is 2.21. The van der Waals surface area contributed by atoms with E-state index in [4.69, 9.17) is 0 Å². The lowest BCUT2D eigenvalue weighted by Crippen LogP contribution is -2.39. The molecule has 1 aliphatic rings. The van der Waals surface area contributed by atoms with Crippen LogP contribution in [0.5, 0.6) is 0 Å². The fraction of sp³-hybridized carbons (Fsp3) is 0.278. The Morgan fingerprint density at radius 1 is 1.26 bits per heavy atom. The van der Waals surface area contributed by atoms with Crippen LogP contribution >= 0.6 is 0 Å². The molecule has 0 radical (unpaired) electrons. The second kappa shape index (κ2) is 5.50. The lowest BCUT2D eigenvalue weighted by molar-refractivity contribution is 0.0927. The van der Waals surface area contributed by atoms with Gasteiger partial charge in [0.15, 0.2) is 0 Å². The van der Waals surface area contributed by atoms with Crippen molar-refractivity contribution in [3.8, 4) is 0 Å². The molecule has 1 aliphatic carbocycles. The van der Waals surface area contributed by atoms with Crippen LogP contribution in [-0.4, -0.2) is 26.3 Å².